The van der Waals surface area contributed by atoms with Crippen molar-refractivity contribution in [2.45, 2.75) is 32.4 Å². The van der Waals surface area contributed by atoms with Gasteiger partial charge in [0.25, 0.3) is 0 Å². The molecule has 0 aromatic carbocycles. The number of alkyl halides is 3. The molecular weight excluding hydrogens is 275 g/mol. The molecule has 0 aliphatic rings. The number of carboxylic acid groups (broad SMARTS) is 1. The molecule has 0 aromatic rings. The molecule has 18 heavy (non-hydrogen) atoms. The van der Waals surface area contributed by atoms with Crippen LogP contribution in [0.25, 0.3) is 0 Å². The number of nitrogens with zero attached hydrogens (tertiary/aromatic N) is 1. The summed E-state index contributed by atoms with van der Waals surface area (Å²) < 4.78 is 59.8. The van der Waals surface area contributed by atoms with Gasteiger partial charge in [-0.1, -0.05) is 6.92 Å². The minimum absolute atomic E-state index is 0.0433. The van der Waals surface area contributed by atoms with Gasteiger partial charge in [0.05, 0.1) is 12.2 Å². The van der Waals surface area contributed by atoms with E-state index in [9.17, 15) is 26.4 Å². The van der Waals surface area contributed by atoms with Crippen LogP contribution in [0.2, 0.25) is 0 Å². The second-order valence-corrected chi connectivity index (χ2v) is 5.76. The summed E-state index contributed by atoms with van der Waals surface area (Å²) in [7, 11) is -3.82. The molecule has 0 unspecified atom stereocenters. The predicted octanol–water partition coefficient (Wildman–Crippen LogP) is 1.46. The molecule has 0 bridgehead atoms. The number of hydrogen-bond acceptors (Lipinski definition) is 3. The fraction of sp³-hybridized carbons (Fsp3) is 0.889. The maximum atomic E-state index is 11.9. The van der Waals surface area contributed by atoms with Crippen molar-refractivity contribution in [3.05, 3.63) is 0 Å². The second kappa shape index (κ2) is 6.93. The van der Waals surface area contributed by atoms with Crippen molar-refractivity contribution in [3.8, 4) is 0 Å². The van der Waals surface area contributed by atoms with Crippen molar-refractivity contribution in [2.24, 2.45) is 0 Å². The maximum Gasteiger partial charge on any atom is 0.389 e. The number of sulfonamides is 1. The molecule has 0 heterocycles. The van der Waals surface area contributed by atoms with Crippen LogP contribution >= 0.6 is 0 Å². The number of rotatable bonds is 8. The second-order valence-electron chi connectivity index (χ2n) is 3.67. The van der Waals surface area contributed by atoms with Crippen LogP contribution in [0.15, 0.2) is 0 Å². The van der Waals surface area contributed by atoms with Crippen LogP contribution in [0.3, 0.4) is 0 Å². The van der Waals surface area contributed by atoms with Crippen molar-refractivity contribution < 1.29 is 31.5 Å². The summed E-state index contributed by atoms with van der Waals surface area (Å²) in [5, 5.41) is 8.44. The third kappa shape index (κ3) is 7.49. The Morgan fingerprint density at radius 2 is 1.89 bits per heavy atom. The van der Waals surface area contributed by atoms with Gasteiger partial charge in [-0.15, -0.1) is 0 Å². The Kier molecular flexibility index (Phi) is 6.61. The van der Waals surface area contributed by atoms with Gasteiger partial charge < -0.3 is 5.11 Å². The molecule has 5 nitrogen and oxygen atoms in total. The van der Waals surface area contributed by atoms with Crippen molar-refractivity contribution in [1.82, 2.24) is 4.31 Å². The van der Waals surface area contributed by atoms with E-state index in [1.807, 2.05) is 0 Å². The molecule has 0 aromatic heterocycles. The van der Waals surface area contributed by atoms with Gasteiger partial charge in [-0.2, -0.15) is 13.2 Å². The highest BCUT2D eigenvalue weighted by atomic mass is 32.2. The highest BCUT2D eigenvalue weighted by Gasteiger charge is 2.28. The van der Waals surface area contributed by atoms with Gasteiger partial charge in [0.15, 0.2) is 0 Å². The van der Waals surface area contributed by atoms with Crippen LogP contribution in [-0.2, 0) is 14.8 Å². The number of hydrogen-bond donors (Lipinski definition) is 1. The van der Waals surface area contributed by atoms with Crippen LogP contribution in [-0.4, -0.2) is 48.8 Å². The summed E-state index contributed by atoms with van der Waals surface area (Å²) in [4.78, 5) is 10.3. The maximum absolute atomic E-state index is 11.9. The Morgan fingerprint density at radius 3 is 2.28 bits per heavy atom. The molecule has 1 N–H and O–H groups in total. The van der Waals surface area contributed by atoms with Crippen LogP contribution in [0.1, 0.15) is 26.2 Å². The summed E-state index contributed by atoms with van der Waals surface area (Å²) in [6, 6.07) is 0. The molecule has 0 spiro atoms. The van der Waals surface area contributed by atoms with Gasteiger partial charge in [-0.25, -0.2) is 12.7 Å². The van der Waals surface area contributed by atoms with E-state index in [4.69, 9.17) is 5.11 Å². The lowest BCUT2D eigenvalue weighted by molar-refractivity contribution is -0.137. The minimum atomic E-state index is -4.38. The van der Waals surface area contributed by atoms with E-state index < -0.39 is 40.8 Å². The predicted molar refractivity (Wildman–Crippen MR) is 58.6 cm³/mol. The first-order valence-corrected chi connectivity index (χ1v) is 6.96. The van der Waals surface area contributed by atoms with E-state index in [0.29, 0.717) is 0 Å². The lowest BCUT2D eigenvalue weighted by atomic mass is 10.3. The van der Waals surface area contributed by atoms with Gasteiger partial charge in [0.1, 0.15) is 0 Å². The van der Waals surface area contributed by atoms with Gasteiger partial charge in [0.2, 0.25) is 10.0 Å². The SMILES string of the molecule is CCN(CCC(=O)O)S(=O)(=O)CCCC(F)(F)F. The largest absolute Gasteiger partial charge is 0.481 e. The average molecular weight is 291 g/mol. The van der Waals surface area contributed by atoms with Gasteiger partial charge in [-0.3, -0.25) is 4.79 Å². The number of carboxylic acids is 1. The summed E-state index contributed by atoms with van der Waals surface area (Å²) in [6.07, 6.45) is -6.43. The lowest BCUT2D eigenvalue weighted by Gasteiger charge is -2.19. The number of aliphatic carboxylic acids is 1. The molecule has 0 saturated heterocycles. The van der Waals surface area contributed by atoms with Gasteiger partial charge in [-0.05, 0) is 6.42 Å². The van der Waals surface area contributed by atoms with Gasteiger partial charge >= 0.3 is 12.1 Å². The molecule has 0 atom stereocenters. The lowest BCUT2D eigenvalue weighted by Crippen LogP contribution is -2.35. The molecule has 0 saturated carbocycles. The van der Waals surface area contributed by atoms with Crippen molar-refractivity contribution in [1.29, 1.82) is 0 Å². The molecule has 0 aliphatic heterocycles. The normalized spacial score (nSPS) is 12.9. The third-order valence-corrected chi connectivity index (χ3v) is 4.22. The zero-order valence-corrected chi connectivity index (χ0v) is 10.7. The summed E-state index contributed by atoms with van der Waals surface area (Å²) >= 11 is 0. The first kappa shape index (κ1) is 17.2. The van der Waals surface area contributed by atoms with E-state index in [1.165, 1.54) is 6.92 Å². The van der Waals surface area contributed by atoms with E-state index in [2.05, 4.69) is 0 Å². The number of halogens is 3. The Morgan fingerprint density at radius 1 is 1.33 bits per heavy atom. The summed E-state index contributed by atoms with van der Waals surface area (Å²) in [6.45, 7) is 1.32. The van der Waals surface area contributed by atoms with Crippen molar-refractivity contribution in [3.63, 3.8) is 0 Å². The van der Waals surface area contributed by atoms with E-state index in [1.54, 1.807) is 0 Å². The highest BCUT2D eigenvalue weighted by Crippen LogP contribution is 2.22. The Balaban J connectivity index is 4.35. The highest BCUT2D eigenvalue weighted by molar-refractivity contribution is 7.89. The monoisotopic (exact) mass is 291 g/mol. The Hall–Kier alpha value is -0.830. The third-order valence-electron chi connectivity index (χ3n) is 2.18. The van der Waals surface area contributed by atoms with Crippen LogP contribution in [0.4, 0.5) is 13.2 Å². The molecular formula is C9H16F3NO4S. The topological polar surface area (TPSA) is 74.7 Å². The van der Waals surface area contributed by atoms with Crippen molar-refractivity contribution in [2.75, 3.05) is 18.8 Å². The molecule has 0 rings (SSSR count). The molecule has 0 aliphatic carbocycles. The minimum Gasteiger partial charge on any atom is -0.481 e. The summed E-state index contributed by atoms with van der Waals surface area (Å²) in [5.41, 5.74) is 0. The van der Waals surface area contributed by atoms with E-state index >= 15 is 0 Å². The standard InChI is InChI=1S/C9H16F3NO4S/c1-2-13(6-4-8(14)15)18(16,17)7-3-5-9(10,11)12/h2-7H2,1H3,(H,14,15). The first-order valence-electron chi connectivity index (χ1n) is 5.35. The van der Waals surface area contributed by atoms with E-state index in [0.717, 1.165) is 4.31 Å². The fourth-order valence-electron chi connectivity index (χ4n) is 1.30. The Bertz CT molecular complexity index is 366. The fourth-order valence-corrected chi connectivity index (χ4v) is 2.83. The van der Waals surface area contributed by atoms with Crippen LogP contribution in [0, 0.1) is 0 Å². The average Bonchev–Trinajstić information content (AvgIpc) is 2.14. The van der Waals surface area contributed by atoms with Gasteiger partial charge in [0, 0.05) is 19.5 Å². The van der Waals surface area contributed by atoms with Crippen LogP contribution < -0.4 is 0 Å². The summed E-state index contributed by atoms with van der Waals surface area (Å²) in [5.74, 6) is -1.78. The Labute approximate surface area is 104 Å². The first-order chi connectivity index (χ1) is 8.08. The molecule has 9 heteroatoms. The zero-order valence-electron chi connectivity index (χ0n) is 9.90. The zero-order chi connectivity index (χ0) is 14.4. The van der Waals surface area contributed by atoms with E-state index in [-0.39, 0.29) is 19.5 Å². The van der Waals surface area contributed by atoms with Crippen LogP contribution in [0.5, 0.6) is 0 Å². The molecule has 0 fully saturated rings. The molecule has 0 amide bonds. The van der Waals surface area contributed by atoms with Crippen molar-refractivity contribution >= 4 is 16.0 Å². The number of carbonyl (C=O) groups is 1. The molecule has 108 valence electrons. The smallest absolute Gasteiger partial charge is 0.389 e. The quantitative estimate of drug-likeness (QED) is 0.734. The molecule has 0 radical (unpaired) electrons.